The SMILES string of the molecule is Cc1cc([C@H](C(=O)N2C[C@H](O)C[C@H]2C(=O)NCc2ccc(-c3scnc3C)cc2OCCOC2CCNCC2)C(C)C)on1. The number of aryl methyl sites for hydroxylation is 2. The van der Waals surface area contributed by atoms with Crippen molar-refractivity contribution in [2.45, 2.75) is 77.7 Å². The number of hydrogen-bond acceptors (Lipinski definition) is 10. The molecule has 0 bridgehead atoms. The van der Waals surface area contributed by atoms with Gasteiger partial charge in [0.05, 0.1) is 40.6 Å². The van der Waals surface area contributed by atoms with Crippen LogP contribution in [0.25, 0.3) is 10.4 Å². The lowest BCUT2D eigenvalue weighted by Gasteiger charge is -2.28. The summed E-state index contributed by atoms with van der Waals surface area (Å²) in [5, 5.41) is 20.8. The van der Waals surface area contributed by atoms with Gasteiger partial charge in [0.15, 0.2) is 0 Å². The quantitative estimate of drug-likeness (QED) is 0.258. The second-order valence-electron chi connectivity index (χ2n) is 12.0. The fourth-order valence-electron chi connectivity index (χ4n) is 5.93. The first-order chi connectivity index (χ1) is 21.2. The molecular formula is C32H43N5O6S. The van der Waals surface area contributed by atoms with Gasteiger partial charge in [-0.2, -0.15) is 0 Å². The van der Waals surface area contributed by atoms with E-state index in [-0.39, 0.29) is 43.3 Å². The first-order valence-corrected chi connectivity index (χ1v) is 16.3. The molecule has 0 radical (unpaired) electrons. The van der Waals surface area contributed by atoms with Crippen molar-refractivity contribution in [2.24, 2.45) is 5.92 Å². The van der Waals surface area contributed by atoms with Gasteiger partial charge >= 0.3 is 0 Å². The molecule has 2 aliphatic heterocycles. The summed E-state index contributed by atoms with van der Waals surface area (Å²) in [5.74, 6) is -0.152. The Morgan fingerprint density at radius 1 is 1.20 bits per heavy atom. The third-order valence-electron chi connectivity index (χ3n) is 8.26. The summed E-state index contributed by atoms with van der Waals surface area (Å²) in [5.41, 5.74) is 5.25. The third-order valence-corrected chi connectivity index (χ3v) is 9.24. The minimum atomic E-state index is -0.801. The number of nitrogens with one attached hydrogen (secondary N) is 2. The molecule has 4 heterocycles. The van der Waals surface area contributed by atoms with Gasteiger partial charge in [-0.1, -0.05) is 31.1 Å². The summed E-state index contributed by atoms with van der Waals surface area (Å²) in [6, 6.07) is 6.88. The molecule has 2 fully saturated rings. The van der Waals surface area contributed by atoms with Crippen molar-refractivity contribution < 1.29 is 28.7 Å². The van der Waals surface area contributed by atoms with Crippen LogP contribution in [0, 0.1) is 19.8 Å². The van der Waals surface area contributed by atoms with Crippen molar-refractivity contribution in [3.05, 3.63) is 52.5 Å². The number of nitrogens with zero attached hydrogens (tertiary/aromatic N) is 3. The summed E-state index contributed by atoms with van der Waals surface area (Å²) in [6.45, 7) is 10.7. The Morgan fingerprint density at radius 3 is 2.68 bits per heavy atom. The second kappa shape index (κ2) is 14.6. The van der Waals surface area contributed by atoms with E-state index in [9.17, 15) is 14.7 Å². The maximum absolute atomic E-state index is 13.7. The standard InChI is InChI=1S/C32H43N5O6S/c1-19(2)29(28-13-20(3)36-43-28)32(40)37-17-24(38)15-26(37)31(39)34-16-23-6-5-22(30-21(4)35-18-44-30)14-27(23)42-12-11-41-25-7-9-33-10-8-25/h5-6,13-14,18-19,24-26,29,33,38H,7-12,15-17H2,1-4H3,(H,34,39)/t24-,26+,29-/m1/s1. The van der Waals surface area contributed by atoms with E-state index >= 15 is 0 Å². The monoisotopic (exact) mass is 625 g/mol. The summed E-state index contributed by atoms with van der Waals surface area (Å²) in [6.07, 6.45) is 1.59. The highest BCUT2D eigenvalue weighted by molar-refractivity contribution is 7.13. The Bertz CT molecular complexity index is 1420. The molecule has 1 aromatic carbocycles. The molecule has 0 spiro atoms. The highest BCUT2D eigenvalue weighted by Gasteiger charge is 2.43. The number of ether oxygens (including phenoxy) is 2. The number of aliphatic hydroxyl groups excluding tert-OH is 1. The van der Waals surface area contributed by atoms with Crippen molar-refractivity contribution in [3.8, 4) is 16.2 Å². The van der Waals surface area contributed by atoms with Gasteiger partial charge in [0.1, 0.15) is 30.1 Å². The van der Waals surface area contributed by atoms with Crippen LogP contribution in [0.2, 0.25) is 0 Å². The molecule has 238 valence electrons. The van der Waals surface area contributed by atoms with Crippen LogP contribution in [-0.2, 0) is 20.9 Å². The molecule has 11 nitrogen and oxygen atoms in total. The maximum atomic E-state index is 13.7. The smallest absolute Gasteiger partial charge is 0.243 e. The van der Waals surface area contributed by atoms with E-state index in [1.165, 1.54) is 4.90 Å². The number of likely N-dealkylation sites (tertiary alicyclic amines) is 1. The number of carbonyl (C=O) groups excluding carboxylic acids is 2. The number of hydrogen-bond donors (Lipinski definition) is 3. The molecule has 0 saturated carbocycles. The fraction of sp³-hybridized carbons (Fsp3) is 0.562. The molecule has 44 heavy (non-hydrogen) atoms. The molecule has 0 unspecified atom stereocenters. The number of amides is 2. The first kappa shape index (κ1) is 32.1. The number of rotatable bonds is 12. The lowest BCUT2D eigenvalue weighted by Crippen LogP contribution is -2.48. The first-order valence-electron chi connectivity index (χ1n) is 15.4. The summed E-state index contributed by atoms with van der Waals surface area (Å²) >= 11 is 1.57. The number of thiazole rings is 1. The predicted molar refractivity (Wildman–Crippen MR) is 166 cm³/mol. The van der Waals surface area contributed by atoms with Crippen molar-refractivity contribution in [2.75, 3.05) is 32.8 Å². The topological polar surface area (TPSA) is 139 Å². The Balaban J connectivity index is 1.27. The molecule has 2 saturated heterocycles. The molecule has 3 atom stereocenters. The van der Waals surface area contributed by atoms with Gasteiger partial charge in [-0.15, -0.1) is 11.3 Å². The van der Waals surface area contributed by atoms with Crippen LogP contribution in [-0.4, -0.2) is 83.1 Å². The van der Waals surface area contributed by atoms with E-state index in [4.69, 9.17) is 14.0 Å². The minimum Gasteiger partial charge on any atom is -0.491 e. The van der Waals surface area contributed by atoms with E-state index in [0.29, 0.717) is 30.4 Å². The van der Waals surface area contributed by atoms with E-state index in [1.807, 2.05) is 44.5 Å². The fourth-order valence-corrected chi connectivity index (χ4v) is 6.74. The van der Waals surface area contributed by atoms with Gasteiger partial charge in [0.2, 0.25) is 11.8 Å². The lowest BCUT2D eigenvalue weighted by atomic mass is 9.91. The summed E-state index contributed by atoms with van der Waals surface area (Å²) in [4.78, 5) is 34.2. The average molecular weight is 626 g/mol. The predicted octanol–water partition coefficient (Wildman–Crippen LogP) is 3.58. The Hall–Kier alpha value is -3.32. The largest absolute Gasteiger partial charge is 0.491 e. The molecule has 2 aromatic heterocycles. The number of β-amino-alcohol motifs (C(OH)–C–C–N with tert-alkyl or cyclic N) is 1. The van der Waals surface area contributed by atoms with Crippen LogP contribution >= 0.6 is 11.3 Å². The van der Waals surface area contributed by atoms with E-state index in [2.05, 4.69) is 20.8 Å². The normalized spacial score (nSPS) is 19.8. The molecular weight excluding hydrogens is 582 g/mol. The molecule has 5 rings (SSSR count). The lowest BCUT2D eigenvalue weighted by molar-refractivity contribution is -0.141. The van der Waals surface area contributed by atoms with Crippen LogP contribution in [0.3, 0.4) is 0 Å². The molecule has 2 amide bonds. The second-order valence-corrected chi connectivity index (χ2v) is 12.8. The highest BCUT2D eigenvalue weighted by Crippen LogP contribution is 2.33. The Morgan fingerprint density at radius 2 is 2.00 bits per heavy atom. The van der Waals surface area contributed by atoms with Gasteiger partial charge in [-0.25, -0.2) is 4.98 Å². The molecule has 3 N–H and O–H groups in total. The molecule has 2 aliphatic rings. The van der Waals surface area contributed by atoms with Crippen molar-refractivity contribution in [1.82, 2.24) is 25.7 Å². The number of aromatic nitrogens is 2. The van der Waals surface area contributed by atoms with Crippen LogP contribution in [0.4, 0.5) is 0 Å². The summed E-state index contributed by atoms with van der Waals surface area (Å²) < 4.78 is 17.7. The maximum Gasteiger partial charge on any atom is 0.243 e. The number of benzene rings is 1. The van der Waals surface area contributed by atoms with Gasteiger partial charge in [0.25, 0.3) is 0 Å². The Labute approximate surface area is 262 Å². The number of aliphatic hydroxyl groups is 1. The van der Waals surface area contributed by atoms with Crippen LogP contribution in [0.1, 0.15) is 61.7 Å². The van der Waals surface area contributed by atoms with E-state index < -0.39 is 18.1 Å². The zero-order valence-corrected chi connectivity index (χ0v) is 26.7. The van der Waals surface area contributed by atoms with Crippen LogP contribution in [0.15, 0.2) is 34.3 Å². The minimum absolute atomic E-state index is 0.0849. The molecule has 0 aliphatic carbocycles. The molecule has 3 aromatic rings. The Kier molecular flexibility index (Phi) is 10.7. The molecule has 12 heteroatoms. The van der Waals surface area contributed by atoms with Crippen LogP contribution < -0.4 is 15.4 Å². The highest BCUT2D eigenvalue weighted by atomic mass is 32.1. The number of piperidine rings is 1. The average Bonchev–Trinajstić information content (AvgIpc) is 3.74. The van der Waals surface area contributed by atoms with E-state index in [0.717, 1.165) is 47.6 Å². The van der Waals surface area contributed by atoms with Gasteiger partial charge in [-0.3, -0.25) is 9.59 Å². The zero-order valence-electron chi connectivity index (χ0n) is 25.9. The van der Waals surface area contributed by atoms with Gasteiger partial charge < -0.3 is 34.6 Å². The van der Waals surface area contributed by atoms with Gasteiger partial charge in [-0.05, 0) is 57.3 Å². The van der Waals surface area contributed by atoms with Crippen molar-refractivity contribution in [3.63, 3.8) is 0 Å². The number of carbonyl (C=O) groups is 2. The van der Waals surface area contributed by atoms with Crippen molar-refractivity contribution >= 4 is 23.2 Å². The van der Waals surface area contributed by atoms with Gasteiger partial charge in [0, 0.05) is 31.1 Å². The van der Waals surface area contributed by atoms with Crippen molar-refractivity contribution in [1.29, 1.82) is 0 Å². The van der Waals surface area contributed by atoms with E-state index in [1.54, 1.807) is 24.3 Å². The summed E-state index contributed by atoms with van der Waals surface area (Å²) in [7, 11) is 0. The zero-order chi connectivity index (χ0) is 31.2. The van der Waals surface area contributed by atoms with Crippen LogP contribution in [0.5, 0.6) is 5.75 Å². The third kappa shape index (κ3) is 7.66.